The van der Waals surface area contributed by atoms with Crippen LogP contribution in [-0.2, 0) is 27.5 Å². The highest BCUT2D eigenvalue weighted by molar-refractivity contribution is 5.81. The number of ether oxygens (including phenoxy) is 2. The first-order chi connectivity index (χ1) is 11.7. The van der Waals surface area contributed by atoms with Gasteiger partial charge in [0.25, 0.3) is 0 Å². The molecule has 2 rings (SSSR count). The Morgan fingerprint density at radius 2 is 1.38 bits per heavy atom. The second kappa shape index (κ2) is 9.32. The first-order valence-electron chi connectivity index (χ1n) is 7.66. The lowest BCUT2D eigenvalue weighted by Gasteiger charge is -2.14. The van der Waals surface area contributed by atoms with E-state index in [1.165, 1.54) is 0 Å². The highest BCUT2D eigenvalue weighted by Crippen LogP contribution is 2.03. The number of hydrogen-bond donors (Lipinski definition) is 2. The molecule has 6 heteroatoms. The van der Waals surface area contributed by atoms with Gasteiger partial charge in [0.2, 0.25) is 0 Å². The normalized spacial score (nSPS) is 11.4. The van der Waals surface area contributed by atoms with Gasteiger partial charge in [-0.25, -0.2) is 9.59 Å². The first kappa shape index (κ1) is 17.5. The lowest BCUT2D eigenvalue weighted by Crippen LogP contribution is -2.62. The minimum absolute atomic E-state index is 0.135. The van der Waals surface area contributed by atoms with E-state index < -0.39 is 18.1 Å². The summed E-state index contributed by atoms with van der Waals surface area (Å²) in [5.74, 6) is -0.537. The van der Waals surface area contributed by atoms with E-state index in [4.69, 9.17) is 9.47 Å². The fourth-order valence-corrected chi connectivity index (χ4v) is 1.99. The average molecular weight is 329 g/mol. The van der Waals surface area contributed by atoms with Gasteiger partial charge in [-0.1, -0.05) is 60.7 Å². The molecule has 2 aromatic rings. The van der Waals surface area contributed by atoms with Gasteiger partial charge in [-0.3, -0.25) is 0 Å². The van der Waals surface area contributed by atoms with Crippen molar-refractivity contribution in [3.05, 3.63) is 71.8 Å². The van der Waals surface area contributed by atoms with E-state index >= 15 is 0 Å². The van der Waals surface area contributed by atoms with Crippen molar-refractivity contribution in [3.63, 3.8) is 0 Å². The van der Waals surface area contributed by atoms with Gasteiger partial charge in [0.1, 0.15) is 19.8 Å². The summed E-state index contributed by atoms with van der Waals surface area (Å²) in [4.78, 5) is 23.8. The zero-order valence-corrected chi connectivity index (χ0v) is 13.3. The molecule has 24 heavy (non-hydrogen) atoms. The molecule has 0 unspecified atom stereocenters. The first-order valence-corrected chi connectivity index (χ1v) is 7.66. The number of alkyl carbamates (subject to hydrolysis) is 1. The van der Waals surface area contributed by atoms with Gasteiger partial charge in [0.15, 0.2) is 6.04 Å². The van der Waals surface area contributed by atoms with Crippen molar-refractivity contribution in [2.24, 2.45) is 0 Å². The molecule has 1 atom stereocenters. The average Bonchev–Trinajstić information content (AvgIpc) is 2.64. The molecule has 0 saturated carbocycles. The van der Waals surface area contributed by atoms with Crippen LogP contribution in [0.5, 0.6) is 0 Å². The highest BCUT2D eigenvalue weighted by atomic mass is 16.6. The summed E-state index contributed by atoms with van der Waals surface area (Å²) in [6.45, 7) is 0.459. The quantitative estimate of drug-likeness (QED) is 0.748. The summed E-state index contributed by atoms with van der Waals surface area (Å²) in [5.41, 5.74) is 5.40. The minimum Gasteiger partial charge on any atom is -0.459 e. The van der Waals surface area contributed by atoms with Gasteiger partial charge in [-0.15, -0.1) is 0 Å². The molecule has 126 valence electrons. The minimum atomic E-state index is -0.836. The molecule has 0 fully saturated rings. The predicted molar refractivity (Wildman–Crippen MR) is 87.5 cm³/mol. The maximum absolute atomic E-state index is 12.0. The molecule has 0 spiro atoms. The number of rotatable bonds is 7. The van der Waals surface area contributed by atoms with Crippen LogP contribution in [0.15, 0.2) is 60.7 Å². The highest BCUT2D eigenvalue weighted by Gasteiger charge is 2.23. The fourth-order valence-electron chi connectivity index (χ4n) is 1.99. The maximum Gasteiger partial charge on any atom is 0.408 e. The van der Waals surface area contributed by atoms with E-state index in [9.17, 15) is 9.59 Å². The van der Waals surface area contributed by atoms with Gasteiger partial charge in [0.05, 0.1) is 0 Å². The number of carbonyl (C=O) groups is 2. The van der Waals surface area contributed by atoms with Gasteiger partial charge >= 0.3 is 12.1 Å². The van der Waals surface area contributed by atoms with Crippen LogP contribution in [0.1, 0.15) is 11.1 Å². The zero-order chi connectivity index (χ0) is 17.2. The molecule has 0 aliphatic rings. The number of esters is 1. The van der Waals surface area contributed by atoms with E-state index in [0.717, 1.165) is 11.1 Å². The molecule has 0 bridgehead atoms. The molecule has 4 N–H and O–H groups in total. The summed E-state index contributed by atoms with van der Waals surface area (Å²) < 4.78 is 10.3. The third-order valence-corrected chi connectivity index (χ3v) is 3.30. The Kier molecular flexibility index (Phi) is 6.79. The second-order valence-corrected chi connectivity index (χ2v) is 5.14. The van der Waals surface area contributed by atoms with Crippen molar-refractivity contribution < 1.29 is 24.8 Å². The monoisotopic (exact) mass is 329 g/mol. The second-order valence-electron chi connectivity index (χ2n) is 5.14. The molecule has 6 nitrogen and oxygen atoms in total. The van der Waals surface area contributed by atoms with Crippen molar-refractivity contribution in [1.82, 2.24) is 5.32 Å². The molecular formula is C18H21N2O4+. The van der Waals surface area contributed by atoms with Crippen LogP contribution in [0.4, 0.5) is 4.79 Å². The number of carbonyl (C=O) groups excluding carboxylic acids is 2. The number of nitrogens with one attached hydrogen (secondary N) is 1. The van der Waals surface area contributed by atoms with Crippen molar-refractivity contribution in [2.45, 2.75) is 19.3 Å². The van der Waals surface area contributed by atoms with E-state index in [-0.39, 0.29) is 19.8 Å². The molecule has 0 aromatic heterocycles. The zero-order valence-electron chi connectivity index (χ0n) is 13.3. The van der Waals surface area contributed by atoms with Crippen molar-refractivity contribution >= 4 is 12.1 Å². The van der Waals surface area contributed by atoms with Crippen LogP contribution >= 0.6 is 0 Å². The molecular weight excluding hydrogens is 308 g/mol. The summed E-state index contributed by atoms with van der Waals surface area (Å²) in [6.07, 6.45) is -0.677. The SMILES string of the molecule is [NH3+]C[C@@H](NC(=O)OCc1ccccc1)C(=O)OCc1ccccc1. The molecule has 0 aliphatic heterocycles. The van der Waals surface area contributed by atoms with E-state index in [2.05, 4.69) is 11.1 Å². The Bertz CT molecular complexity index is 647. The van der Waals surface area contributed by atoms with Crippen LogP contribution in [0.3, 0.4) is 0 Å². The van der Waals surface area contributed by atoms with Gasteiger partial charge in [-0.05, 0) is 11.1 Å². The van der Waals surface area contributed by atoms with Crippen molar-refractivity contribution in [2.75, 3.05) is 6.54 Å². The smallest absolute Gasteiger partial charge is 0.408 e. The Hall–Kier alpha value is -2.86. The van der Waals surface area contributed by atoms with Crippen molar-refractivity contribution in [1.29, 1.82) is 0 Å². The van der Waals surface area contributed by atoms with Gasteiger partial charge in [-0.2, -0.15) is 0 Å². The Morgan fingerprint density at radius 1 is 0.875 bits per heavy atom. The molecule has 2 aromatic carbocycles. The third kappa shape index (κ3) is 5.73. The van der Waals surface area contributed by atoms with Crippen LogP contribution < -0.4 is 11.1 Å². The molecule has 0 saturated heterocycles. The summed E-state index contributed by atoms with van der Waals surface area (Å²) in [7, 11) is 0. The number of benzene rings is 2. The lowest BCUT2D eigenvalue weighted by molar-refractivity contribution is -0.371. The number of hydrogen-bond acceptors (Lipinski definition) is 4. The summed E-state index contributed by atoms with van der Waals surface area (Å²) in [6, 6.07) is 17.8. The van der Waals surface area contributed by atoms with Crippen molar-refractivity contribution in [3.8, 4) is 0 Å². The van der Waals surface area contributed by atoms with Gasteiger partial charge in [0, 0.05) is 0 Å². The standard InChI is InChI=1S/C18H20N2O4/c19-11-16(17(21)23-12-14-7-3-1-4-8-14)20-18(22)24-13-15-9-5-2-6-10-15/h1-10,16H,11-13,19H2,(H,20,22)/p+1/t16-/m1/s1. The van der Waals surface area contributed by atoms with E-state index in [0.29, 0.717) is 0 Å². The van der Waals surface area contributed by atoms with Crippen LogP contribution in [-0.4, -0.2) is 24.6 Å². The fraction of sp³-hybridized carbons (Fsp3) is 0.222. The van der Waals surface area contributed by atoms with Gasteiger partial charge < -0.3 is 20.5 Å². The topological polar surface area (TPSA) is 92.3 Å². The number of quaternary nitrogens is 1. The van der Waals surface area contributed by atoms with Crippen LogP contribution in [0.25, 0.3) is 0 Å². The number of amides is 1. The lowest BCUT2D eigenvalue weighted by atomic mass is 10.2. The van der Waals surface area contributed by atoms with E-state index in [1.54, 1.807) is 0 Å². The van der Waals surface area contributed by atoms with Crippen LogP contribution in [0, 0.1) is 0 Å². The summed E-state index contributed by atoms with van der Waals surface area (Å²) >= 11 is 0. The Morgan fingerprint density at radius 3 is 1.88 bits per heavy atom. The van der Waals surface area contributed by atoms with Crippen LogP contribution in [0.2, 0.25) is 0 Å². The predicted octanol–water partition coefficient (Wildman–Crippen LogP) is 1.27. The Labute approximate surface area is 140 Å². The third-order valence-electron chi connectivity index (χ3n) is 3.30. The molecule has 1 amide bonds. The Balaban J connectivity index is 1.77. The molecule has 0 aliphatic carbocycles. The van der Waals surface area contributed by atoms with E-state index in [1.807, 2.05) is 60.7 Å². The summed E-state index contributed by atoms with van der Waals surface area (Å²) in [5, 5.41) is 2.47. The largest absolute Gasteiger partial charge is 0.459 e. The molecule has 0 radical (unpaired) electrons. The molecule has 0 heterocycles. The maximum atomic E-state index is 12.0.